The first-order valence-corrected chi connectivity index (χ1v) is 11.5. The molecule has 0 bridgehead atoms. The largest absolute Gasteiger partial charge is 0.480 e. The summed E-state index contributed by atoms with van der Waals surface area (Å²) >= 11 is 0. The fourth-order valence-corrected chi connectivity index (χ4v) is 5.13. The van der Waals surface area contributed by atoms with E-state index in [4.69, 9.17) is 4.74 Å². The summed E-state index contributed by atoms with van der Waals surface area (Å²) in [5.74, 6) is -1.61. The van der Waals surface area contributed by atoms with E-state index in [9.17, 15) is 19.5 Å². The van der Waals surface area contributed by atoms with Crippen LogP contribution >= 0.6 is 0 Å². The van der Waals surface area contributed by atoms with Gasteiger partial charge in [0, 0.05) is 25.7 Å². The van der Waals surface area contributed by atoms with Crippen molar-refractivity contribution in [2.75, 3.05) is 18.5 Å². The van der Waals surface area contributed by atoms with Crippen LogP contribution in [-0.2, 0) is 16.6 Å². The minimum absolute atomic E-state index is 0.0364. The number of aromatic nitrogens is 2. The number of ether oxygens (including phenoxy) is 1. The third-order valence-corrected chi connectivity index (χ3v) is 6.97. The summed E-state index contributed by atoms with van der Waals surface area (Å²) in [6.45, 7) is 1.98. The second kappa shape index (κ2) is 8.57. The molecule has 1 atom stereocenters. The van der Waals surface area contributed by atoms with Gasteiger partial charge in [-0.1, -0.05) is 48.5 Å². The first-order valence-electron chi connectivity index (χ1n) is 11.5. The van der Waals surface area contributed by atoms with Crippen molar-refractivity contribution in [1.29, 1.82) is 0 Å². The summed E-state index contributed by atoms with van der Waals surface area (Å²) < 4.78 is 6.98. The Labute approximate surface area is 202 Å². The van der Waals surface area contributed by atoms with Crippen molar-refractivity contribution in [3.63, 3.8) is 0 Å². The van der Waals surface area contributed by atoms with Crippen LogP contribution < -0.4 is 5.32 Å². The van der Waals surface area contributed by atoms with Crippen LogP contribution in [0.3, 0.4) is 0 Å². The smallest absolute Gasteiger partial charge is 0.412 e. The molecule has 3 aromatic rings. The van der Waals surface area contributed by atoms with Gasteiger partial charge in [-0.2, -0.15) is 5.10 Å². The number of amides is 2. The zero-order chi connectivity index (χ0) is 24.7. The van der Waals surface area contributed by atoms with Gasteiger partial charge in [0.1, 0.15) is 17.7 Å². The molecule has 1 saturated heterocycles. The summed E-state index contributed by atoms with van der Waals surface area (Å²) in [5, 5.41) is 16.4. The molecule has 2 amide bonds. The van der Waals surface area contributed by atoms with Crippen LogP contribution in [0.2, 0.25) is 0 Å². The highest BCUT2D eigenvalue weighted by atomic mass is 16.5. The average molecular weight is 475 g/mol. The van der Waals surface area contributed by atoms with Gasteiger partial charge >= 0.3 is 12.1 Å². The fourth-order valence-electron chi connectivity index (χ4n) is 5.13. The van der Waals surface area contributed by atoms with E-state index in [1.807, 2.05) is 36.4 Å². The molecule has 0 radical (unpaired) electrons. The molecule has 2 aromatic carbocycles. The number of likely N-dealkylation sites (tertiary alicyclic amines) is 1. The van der Waals surface area contributed by atoms with Gasteiger partial charge < -0.3 is 14.7 Å². The van der Waals surface area contributed by atoms with E-state index in [2.05, 4.69) is 22.5 Å². The molecule has 1 aliphatic heterocycles. The number of carboxylic acid groups (broad SMARTS) is 1. The van der Waals surface area contributed by atoms with E-state index in [1.54, 1.807) is 7.05 Å². The number of carboxylic acids is 1. The number of hydrogen-bond donors (Lipinski definition) is 2. The molecule has 5 rings (SSSR count). The average Bonchev–Trinajstić information content (AvgIpc) is 3.51. The normalized spacial score (nSPS) is 18.7. The highest BCUT2D eigenvalue weighted by Gasteiger charge is 2.47. The highest BCUT2D eigenvalue weighted by molar-refractivity contribution is 6.03. The number of hydrogen-bond acceptors (Lipinski definition) is 5. The number of aliphatic carboxylic acids is 1. The Morgan fingerprint density at radius 3 is 2.37 bits per heavy atom. The fraction of sp³-hybridized carbons (Fsp3) is 0.308. The van der Waals surface area contributed by atoms with Crippen molar-refractivity contribution in [2.24, 2.45) is 7.05 Å². The topological polar surface area (TPSA) is 114 Å². The molecule has 0 saturated carbocycles. The molecule has 1 aromatic heterocycles. The zero-order valence-electron chi connectivity index (χ0n) is 19.5. The number of fused-ring (bicyclic) bond motifs is 3. The Hall–Kier alpha value is -4.14. The zero-order valence-corrected chi connectivity index (χ0v) is 19.5. The molecule has 35 heavy (non-hydrogen) atoms. The van der Waals surface area contributed by atoms with Gasteiger partial charge in [-0.3, -0.25) is 14.8 Å². The molecule has 0 spiro atoms. The van der Waals surface area contributed by atoms with E-state index in [0.29, 0.717) is 19.4 Å². The Kier molecular flexibility index (Phi) is 5.55. The van der Waals surface area contributed by atoms with Gasteiger partial charge in [0.05, 0.1) is 0 Å². The minimum atomic E-state index is -1.30. The second-order valence-electron chi connectivity index (χ2n) is 9.15. The number of carbonyl (C=O) groups excluding carboxylic acids is 2. The van der Waals surface area contributed by atoms with Crippen molar-refractivity contribution >= 4 is 23.8 Å². The Morgan fingerprint density at radius 1 is 1.11 bits per heavy atom. The SMILES string of the molecule is Cn1cc(C(=O)N2CCC[C@@]2(C)C(=O)O)c(NC(=O)OCC2c3ccccc3-c3ccccc32)n1. The lowest BCUT2D eigenvalue weighted by Crippen LogP contribution is -2.50. The van der Waals surface area contributed by atoms with E-state index in [0.717, 1.165) is 22.3 Å². The lowest BCUT2D eigenvalue weighted by molar-refractivity contribution is -0.147. The van der Waals surface area contributed by atoms with Crippen LogP contribution in [0.1, 0.15) is 47.2 Å². The van der Waals surface area contributed by atoms with Crippen LogP contribution in [0.5, 0.6) is 0 Å². The number of aryl methyl sites for hydroxylation is 1. The number of nitrogens with zero attached hydrogens (tertiary/aromatic N) is 3. The lowest BCUT2D eigenvalue weighted by atomic mass is 9.98. The van der Waals surface area contributed by atoms with E-state index >= 15 is 0 Å². The van der Waals surface area contributed by atoms with Gasteiger partial charge in [-0.15, -0.1) is 0 Å². The molecule has 2 N–H and O–H groups in total. The standard InChI is InChI=1S/C26H26N4O5/c1-26(24(32)33)12-7-13-30(26)23(31)20-14-29(2)28-22(20)27-25(34)35-15-21-18-10-5-3-8-16(18)17-9-4-6-11-19(17)21/h3-6,8-11,14,21H,7,12-13,15H2,1-2H3,(H,32,33)(H,27,28,34)/t26-/m0/s1. The second-order valence-corrected chi connectivity index (χ2v) is 9.15. The summed E-state index contributed by atoms with van der Waals surface area (Å²) in [7, 11) is 1.63. The molecular weight excluding hydrogens is 448 g/mol. The predicted octanol–water partition coefficient (Wildman–Crippen LogP) is 3.86. The van der Waals surface area contributed by atoms with Crippen molar-refractivity contribution in [3.8, 4) is 11.1 Å². The Balaban J connectivity index is 1.32. The van der Waals surface area contributed by atoms with Crippen molar-refractivity contribution in [3.05, 3.63) is 71.4 Å². The monoisotopic (exact) mass is 474 g/mol. The first-order chi connectivity index (χ1) is 16.8. The number of anilines is 1. The first kappa shape index (κ1) is 22.6. The third-order valence-electron chi connectivity index (χ3n) is 6.97. The molecule has 9 heteroatoms. The van der Waals surface area contributed by atoms with Crippen LogP contribution in [0.25, 0.3) is 11.1 Å². The number of benzene rings is 2. The van der Waals surface area contributed by atoms with Crippen LogP contribution in [0.4, 0.5) is 10.6 Å². The third kappa shape index (κ3) is 3.82. The van der Waals surface area contributed by atoms with Gasteiger partial charge in [-0.05, 0) is 42.0 Å². The summed E-state index contributed by atoms with van der Waals surface area (Å²) in [4.78, 5) is 39.1. The summed E-state index contributed by atoms with van der Waals surface area (Å²) in [5.41, 5.74) is 3.27. The molecule has 1 aliphatic carbocycles. The highest BCUT2D eigenvalue weighted by Crippen LogP contribution is 2.44. The molecule has 1 fully saturated rings. The van der Waals surface area contributed by atoms with E-state index in [1.165, 1.54) is 22.7 Å². The molecular formula is C26H26N4O5. The lowest BCUT2D eigenvalue weighted by Gasteiger charge is -2.31. The maximum atomic E-state index is 13.2. The van der Waals surface area contributed by atoms with Gasteiger partial charge in [-0.25, -0.2) is 9.59 Å². The van der Waals surface area contributed by atoms with E-state index in [-0.39, 0.29) is 23.9 Å². The van der Waals surface area contributed by atoms with Crippen LogP contribution in [0, 0.1) is 0 Å². The molecule has 2 heterocycles. The summed E-state index contributed by atoms with van der Waals surface area (Å²) in [6.07, 6.45) is 1.69. The Bertz CT molecular complexity index is 1290. The van der Waals surface area contributed by atoms with Crippen molar-refractivity contribution in [2.45, 2.75) is 31.2 Å². The van der Waals surface area contributed by atoms with Crippen molar-refractivity contribution in [1.82, 2.24) is 14.7 Å². The van der Waals surface area contributed by atoms with Crippen LogP contribution in [-0.4, -0.2) is 56.4 Å². The minimum Gasteiger partial charge on any atom is -0.480 e. The van der Waals surface area contributed by atoms with Gasteiger partial charge in [0.15, 0.2) is 5.82 Å². The maximum absolute atomic E-state index is 13.2. The molecule has 180 valence electrons. The molecule has 2 aliphatic rings. The quantitative estimate of drug-likeness (QED) is 0.581. The number of carbonyl (C=O) groups is 3. The Morgan fingerprint density at radius 2 is 1.74 bits per heavy atom. The number of nitrogens with one attached hydrogen (secondary N) is 1. The molecule has 0 unspecified atom stereocenters. The van der Waals surface area contributed by atoms with Crippen molar-refractivity contribution < 1.29 is 24.2 Å². The maximum Gasteiger partial charge on any atom is 0.412 e. The molecule has 9 nitrogen and oxygen atoms in total. The van der Waals surface area contributed by atoms with Gasteiger partial charge in [0.25, 0.3) is 5.91 Å². The van der Waals surface area contributed by atoms with E-state index < -0.39 is 23.5 Å². The van der Waals surface area contributed by atoms with Crippen LogP contribution in [0.15, 0.2) is 54.7 Å². The number of rotatable bonds is 5. The van der Waals surface area contributed by atoms with Gasteiger partial charge in [0.2, 0.25) is 0 Å². The summed E-state index contributed by atoms with van der Waals surface area (Å²) in [6, 6.07) is 16.1. The predicted molar refractivity (Wildman–Crippen MR) is 128 cm³/mol.